The Morgan fingerprint density at radius 2 is 2.08 bits per heavy atom. The van der Waals surface area contributed by atoms with Crippen molar-refractivity contribution in [2.75, 3.05) is 0 Å². The zero-order valence-corrected chi connectivity index (χ0v) is 14.4. The van der Waals surface area contributed by atoms with Gasteiger partial charge < -0.3 is 0 Å². The zero-order chi connectivity index (χ0) is 18.4. The lowest BCUT2D eigenvalue weighted by molar-refractivity contribution is -0.385. The zero-order valence-electron chi connectivity index (χ0n) is 13.6. The maximum absolute atomic E-state index is 12.5. The van der Waals surface area contributed by atoms with Gasteiger partial charge in [0.05, 0.1) is 28.4 Å². The highest BCUT2D eigenvalue weighted by Gasteiger charge is 2.28. The molecule has 0 atom stereocenters. The molecule has 1 aromatic carbocycles. The maximum atomic E-state index is 12.5. The van der Waals surface area contributed by atoms with Crippen LogP contribution in [0.4, 0.5) is 5.69 Å². The molecule has 1 aliphatic carbocycles. The number of benzene rings is 1. The average Bonchev–Trinajstić information content (AvgIpc) is 2.55. The van der Waals surface area contributed by atoms with E-state index in [4.69, 9.17) is 16.9 Å². The molecule has 0 radical (unpaired) electrons. The van der Waals surface area contributed by atoms with Gasteiger partial charge in [0.15, 0.2) is 0 Å². The molecule has 0 N–H and O–H groups in total. The second kappa shape index (κ2) is 5.87. The average molecular weight is 356 g/mol. The molecular formula is C18H14ClN3O3. The summed E-state index contributed by atoms with van der Waals surface area (Å²) in [5.74, 6) is 0. The first-order valence-corrected chi connectivity index (χ1v) is 7.93. The van der Waals surface area contributed by atoms with E-state index in [1.165, 1.54) is 10.8 Å². The fraction of sp³-hybridized carbons (Fsp3) is 0.222. The van der Waals surface area contributed by atoms with Crippen LogP contribution >= 0.6 is 11.6 Å². The Bertz CT molecular complexity index is 1030. The molecule has 0 spiro atoms. The van der Waals surface area contributed by atoms with Gasteiger partial charge in [0.2, 0.25) is 0 Å². The van der Waals surface area contributed by atoms with Crippen LogP contribution in [0.3, 0.4) is 0 Å². The molecule has 1 aromatic heterocycles. The van der Waals surface area contributed by atoms with Crippen LogP contribution in [0.25, 0.3) is 5.70 Å². The van der Waals surface area contributed by atoms with Gasteiger partial charge in [0, 0.05) is 11.6 Å². The first-order valence-electron chi connectivity index (χ1n) is 7.55. The van der Waals surface area contributed by atoms with E-state index in [-0.39, 0.29) is 16.1 Å². The standard InChI is InChI=1S/C18H14ClN3O3/c1-18(2)7-12-4-3-11(9-20)5-14(12)16(8-18)21-10-13(22(24)25)6-15(19)17(21)23/h3-6,8,10H,7H2,1-2H3. The van der Waals surface area contributed by atoms with E-state index in [0.29, 0.717) is 16.8 Å². The second-order valence-corrected chi connectivity index (χ2v) is 7.06. The Kier molecular flexibility index (Phi) is 3.97. The van der Waals surface area contributed by atoms with Crippen LogP contribution in [0.5, 0.6) is 0 Å². The highest BCUT2D eigenvalue weighted by molar-refractivity contribution is 6.30. The van der Waals surface area contributed by atoms with E-state index < -0.39 is 10.5 Å². The van der Waals surface area contributed by atoms with Gasteiger partial charge in [-0.05, 0) is 29.5 Å². The summed E-state index contributed by atoms with van der Waals surface area (Å²) in [4.78, 5) is 23.1. The summed E-state index contributed by atoms with van der Waals surface area (Å²) in [5, 5.41) is 20.1. The van der Waals surface area contributed by atoms with Crippen molar-refractivity contribution >= 4 is 23.0 Å². The van der Waals surface area contributed by atoms with Crippen LogP contribution in [0.1, 0.15) is 30.5 Å². The molecular weight excluding hydrogens is 342 g/mol. The Morgan fingerprint density at radius 3 is 2.72 bits per heavy atom. The first kappa shape index (κ1) is 16.9. The highest BCUT2D eigenvalue weighted by atomic mass is 35.5. The van der Waals surface area contributed by atoms with Crippen molar-refractivity contribution in [2.45, 2.75) is 20.3 Å². The largest absolute Gasteiger partial charge is 0.287 e. The minimum Gasteiger partial charge on any atom is -0.276 e. The van der Waals surface area contributed by atoms with E-state index in [9.17, 15) is 14.9 Å². The van der Waals surface area contributed by atoms with Crippen LogP contribution in [0.2, 0.25) is 5.02 Å². The molecule has 7 heteroatoms. The number of nitro groups is 1. The lowest BCUT2D eigenvalue weighted by Gasteiger charge is -2.30. The molecule has 1 heterocycles. The summed E-state index contributed by atoms with van der Waals surface area (Å²) in [6.07, 6.45) is 3.79. The second-order valence-electron chi connectivity index (χ2n) is 6.66. The fourth-order valence-electron chi connectivity index (χ4n) is 3.04. The van der Waals surface area contributed by atoms with Gasteiger partial charge in [-0.2, -0.15) is 5.26 Å². The minimum atomic E-state index is -0.594. The number of aromatic nitrogens is 1. The SMILES string of the molecule is CC1(C)C=C(n2cc([N+](=O)[O-])cc(Cl)c2=O)c2cc(C#N)ccc2C1. The van der Waals surface area contributed by atoms with Gasteiger partial charge in [0.25, 0.3) is 11.2 Å². The molecule has 0 fully saturated rings. The Morgan fingerprint density at radius 1 is 1.36 bits per heavy atom. The van der Waals surface area contributed by atoms with Crippen molar-refractivity contribution in [2.24, 2.45) is 5.41 Å². The third-order valence-corrected chi connectivity index (χ3v) is 4.39. The summed E-state index contributed by atoms with van der Waals surface area (Å²) in [6.45, 7) is 4.02. The number of fused-ring (bicyclic) bond motifs is 1. The van der Waals surface area contributed by atoms with E-state index in [0.717, 1.165) is 18.1 Å². The third-order valence-electron chi connectivity index (χ3n) is 4.12. The van der Waals surface area contributed by atoms with Crippen molar-refractivity contribution in [1.82, 2.24) is 4.57 Å². The van der Waals surface area contributed by atoms with Crippen molar-refractivity contribution in [3.63, 3.8) is 0 Å². The molecule has 0 bridgehead atoms. The van der Waals surface area contributed by atoms with Crippen LogP contribution in [-0.2, 0) is 6.42 Å². The van der Waals surface area contributed by atoms with Crippen molar-refractivity contribution in [3.05, 3.63) is 78.7 Å². The van der Waals surface area contributed by atoms with Crippen LogP contribution in [-0.4, -0.2) is 9.49 Å². The van der Waals surface area contributed by atoms with Crippen molar-refractivity contribution < 1.29 is 4.92 Å². The quantitative estimate of drug-likeness (QED) is 0.606. The topological polar surface area (TPSA) is 88.9 Å². The molecule has 0 saturated carbocycles. The maximum Gasteiger partial charge on any atom is 0.287 e. The minimum absolute atomic E-state index is 0.225. The summed E-state index contributed by atoms with van der Waals surface area (Å²) in [7, 11) is 0. The summed E-state index contributed by atoms with van der Waals surface area (Å²) in [5.41, 5.74) is 1.56. The van der Waals surface area contributed by atoms with E-state index in [1.807, 2.05) is 26.0 Å². The molecule has 0 unspecified atom stereocenters. The van der Waals surface area contributed by atoms with Gasteiger partial charge in [-0.3, -0.25) is 19.5 Å². The molecule has 0 aliphatic heterocycles. The lowest BCUT2D eigenvalue weighted by Crippen LogP contribution is -2.26. The molecule has 0 amide bonds. The summed E-state index contributed by atoms with van der Waals surface area (Å²) in [6, 6.07) is 8.39. The summed E-state index contributed by atoms with van der Waals surface area (Å²) >= 11 is 5.92. The van der Waals surface area contributed by atoms with Crippen LogP contribution in [0, 0.1) is 26.9 Å². The predicted molar refractivity (Wildman–Crippen MR) is 94.4 cm³/mol. The van der Waals surface area contributed by atoms with E-state index in [1.54, 1.807) is 12.1 Å². The van der Waals surface area contributed by atoms with E-state index >= 15 is 0 Å². The normalized spacial score (nSPS) is 15.0. The van der Waals surface area contributed by atoms with Gasteiger partial charge in [-0.25, -0.2) is 0 Å². The number of hydrogen-bond donors (Lipinski definition) is 0. The molecule has 0 saturated heterocycles. The number of rotatable bonds is 2. The monoisotopic (exact) mass is 355 g/mol. The number of nitrogens with zero attached hydrogens (tertiary/aromatic N) is 3. The van der Waals surface area contributed by atoms with Crippen molar-refractivity contribution in [1.29, 1.82) is 5.26 Å². The number of hydrogen-bond acceptors (Lipinski definition) is 4. The summed E-state index contributed by atoms with van der Waals surface area (Å²) < 4.78 is 1.20. The molecule has 1 aliphatic rings. The first-order chi connectivity index (χ1) is 11.7. The van der Waals surface area contributed by atoms with E-state index in [2.05, 4.69) is 6.07 Å². The van der Waals surface area contributed by atoms with Gasteiger partial charge >= 0.3 is 0 Å². The molecule has 2 aromatic rings. The lowest BCUT2D eigenvalue weighted by atomic mass is 9.77. The number of halogens is 1. The van der Waals surface area contributed by atoms with Crippen molar-refractivity contribution in [3.8, 4) is 6.07 Å². The molecule has 25 heavy (non-hydrogen) atoms. The number of allylic oxidation sites excluding steroid dienone is 1. The van der Waals surface area contributed by atoms with Gasteiger partial charge in [-0.1, -0.05) is 37.6 Å². The van der Waals surface area contributed by atoms with Crippen LogP contribution in [0.15, 0.2) is 41.3 Å². The Hall–Kier alpha value is -2.91. The number of pyridine rings is 1. The highest BCUT2D eigenvalue weighted by Crippen LogP contribution is 2.37. The Labute approximate surface area is 148 Å². The molecule has 6 nitrogen and oxygen atoms in total. The molecule has 126 valence electrons. The van der Waals surface area contributed by atoms with Gasteiger partial charge in [-0.15, -0.1) is 0 Å². The van der Waals surface area contributed by atoms with Crippen LogP contribution < -0.4 is 5.56 Å². The number of nitriles is 1. The Balaban J connectivity index is 2.33. The predicted octanol–water partition coefficient (Wildman–Crippen LogP) is 3.75. The molecule has 3 rings (SSSR count). The fourth-order valence-corrected chi connectivity index (χ4v) is 3.24. The third kappa shape index (κ3) is 3.06. The smallest absolute Gasteiger partial charge is 0.276 e. The van der Waals surface area contributed by atoms with Gasteiger partial charge in [0.1, 0.15) is 5.02 Å².